The highest BCUT2D eigenvalue weighted by molar-refractivity contribution is 5.88. The molecule has 6 nitrogen and oxygen atoms in total. The van der Waals surface area contributed by atoms with Crippen molar-refractivity contribution in [3.05, 3.63) is 35.0 Å². The molecule has 2 rings (SSSR count). The normalized spacial score (nSPS) is 10.5. The predicted octanol–water partition coefficient (Wildman–Crippen LogP) is 1.29. The van der Waals surface area contributed by atoms with E-state index in [0.29, 0.717) is 17.2 Å². The summed E-state index contributed by atoms with van der Waals surface area (Å²) < 4.78 is 1.45. The maximum absolute atomic E-state index is 10.9. The largest absolute Gasteiger partial charge is 0.478 e. The third kappa shape index (κ3) is 2.01. The average molecular weight is 232 g/mol. The van der Waals surface area contributed by atoms with Crippen molar-refractivity contribution in [2.45, 2.75) is 20.8 Å². The Balaban J connectivity index is 2.57. The van der Waals surface area contributed by atoms with E-state index in [2.05, 4.69) is 15.1 Å². The number of rotatable bonds is 2. The molecule has 0 saturated carbocycles. The second-order valence-electron chi connectivity index (χ2n) is 3.80. The molecule has 2 aromatic heterocycles. The van der Waals surface area contributed by atoms with Crippen molar-refractivity contribution in [2.75, 3.05) is 0 Å². The fourth-order valence-corrected chi connectivity index (χ4v) is 1.52. The van der Waals surface area contributed by atoms with Gasteiger partial charge in [-0.3, -0.25) is 4.98 Å². The van der Waals surface area contributed by atoms with Crippen molar-refractivity contribution in [1.82, 2.24) is 19.7 Å². The molecule has 0 atom stereocenters. The van der Waals surface area contributed by atoms with Crippen molar-refractivity contribution in [1.29, 1.82) is 0 Å². The Morgan fingerprint density at radius 2 is 2.00 bits per heavy atom. The minimum Gasteiger partial charge on any atom is -0.478 e. The van der Waals surface area contributed by atoms with E-state index in [1.807, 2.05) is 6.92 Å². The van der Waals surface area contributed by atoms with Gasteiger partial charge in [-0.2, -0.15) is 5.10 Å². The van der Waals surface area contributed by atoms with Crippen LogP contribution >= 0.6 is 0 Å². The van der Waals surface area contributed by atoms with Gasteiger partial charge in [0.15, 0.2) is 5.82 Å². The molecule has 0 spiro atoms. The summed E-state index contributed by atoms with van der Waals surface area (Å²) in [6.45, 7) is 5.28. The number of carboxylic acid groups (broad SMARTS) is 1. The number of aromatic carboxylic acids is 1. The summed E-state index contributed by atoms with van der Waals surface area (Å²) in [4.78, 5) is 19.4. The lowest BCUT2D eigenvalue weighted by atomic mass is 10.3. The molecule has 6 heteroatoms. The highest BCUT2D eigenvalue weighted by atomic mass is 16.4. The van der Waals surface area contributed by atoms with Gasteiger partial charge in [0, 0.05) is 12.4 Å². The van der Waals surface area contributed by atoms with Gasteiger partial charge in [-0.15, -0.1) is 0 Å². The van der Waals surface area contributed by atoms with Crippen LogP contribution in [0, 0.1) is 20.8 Å². The minimum atomic E-state index is -0.994. The molecular weight excluding hydrogens is 220 g/mol. The highest BCUT2D eigenvalue weighted by Gasteiger charge is 2.14. The van der Waals surface area contributed by atoms with Gasteiger partial charge < -0.3 is 5.11 Å². The number of hydrogen-bond donors (Lipinski definition) is 1. The lowest BCUT2D eigenvalue weighted by Crippen LogP contribution is -2.04. The Morgan fingerprint density at radius 1 is 1.29 bits per heavy atom. The molecule has 0 bridgehead atoms. The van der Waals surface area contributed by atoms with Crippen LogP contribution in [-0.4, -0.2) is 30.8 Å². The smallest absolute Gasteiger partial charge is 0.339 e. The molecule has 2 heterocycles. The Hall–Kier alpha value is -2.24. The first kappa shape index (κ1) is 11.3. The lowest BCUT2D eigenvalue weighted by Gasteiger charge is -2.04. The number of carboxylic acids is 1. The first-order valence-electron chi connectivity index (χ1n) is 5.09. The van der Waals surface area contributed by atoms with E-state index in [-0.39, 0.29) is 5.56 Å². The van der Waals surface area contributed by atoms with Crippen LogP contribution in [0.25, 0.3) is 5.82 Å². The van der Waals surface area contributed by atoms with Gasteiger partial charge in [0.1, 0.15) is 5.56 Å². The predicted molar refractivity (Wildman–Crippen MR) is 60.3 cm³/mol. The molecule has 0 aliphatic heterocycles. The van der Waals surface area contributed by atoms with Crippen molar-refractivity contribution in [3.63, 3.8) is 0 Å². The van der Waals surface area contributed by atoms with Gasteiger partial charge >= 0.3 is 5.97 Å². The summed E-state index contributed by atoms with van der Waals surface area (Å²) in [7, 11) is 0. The second kappa shape index (κ2) is 3.97. The first-order valence-corrected chi connectivity index (χ1v) is 5.09. The standard InChI is InChI=1S/C11H12N4O2/c1-6-4-12-8(3)10(13-6)15-5-9(11(16)17)7(2)14-15/h4-5H,1-3H3,(H,16,17). The minimum absolute atomic E-state index is 0.174. The van der Waals surface area contributed by atoms with Gasteiger partial charge in [-0.25, -0.2) is 14.5 Å². The fraction of sp³-hybridized carbons (Fsp3) is 0.273. The Bertz CT molecular complexity index is 589. The van der Waals surface area contributed by atoms with E-state index in [1.54, 1.807) is 20.0 Å². The monoisotopic (exact) mass is 232 g/mol. The zero-order valence-electron chi connectivity index (χ0n) is 9.80. The van der Waals surface area contributed by atoms with Gasteiger partial charge in [0.25, 0.3) is 0 Å². The lowest BCUT2D eigenvalue weighted by molar-refractivity contribution is 0.0696. The second-order valence-corrected chi connectivity index (χ2v) is 3.80. The molecule has 0 fully saturated rings. The molecule has 0 aliphatic carbocycles. The molecule has 0 amide bonds. The molecule has 0 radical (unpaired) electrons. The maximum atomic E-state index is 10.9. The molecule has 0 aliphatic rings. The van der Waals surface area contributed by atoms with Crippen LogP contribution in [0.5, 0.6) is 0 Å². The van der Waals surface area contributed by atoms with Crippen LogP contribution in [0.3, 0.4) is 0 Å². The van der Waals surface area contributed by atoms with Gasteiger partial charge in [0.2, 0.25) is 0 Å². The third-order valence-electron chi connectivity index (χ3n) is 2.40. The molecular formula is C11H12N4O2. The Kier molecular flexibility index (Phi) is 2.63. The maximum Gasteiger partial charge on any atom is 0.339 e. The molecule has 2 aromatic rings. The summed E-state index contributed by atoms with van der Waals surface area (Å²) >= 11 is 0. The Morgan fingerprint density at radius 3 is 2.59 bits per heavy atom. The van der Waals surface area contributed by atoms with Gasteiger partial charge in [-0.05, 0) is 20.8 Å². The van der Waals surface area contributed by atoms with E-state index in [1.165, 1.54) is 10.9 Å². The molecule has 1 N–H and O–H groups in total. The molecule has 17 heavy (non-hydrogen) atoms. The molecule has 0 saturated heterocycles. The van der Waals surface area contributed by atoms with Gasteiger partial charge in [-0.1, -0.05) is 0 Å². The zero-order chi connectivity index (χ0) is 12.6. The van der Waals surface area contributed by atoms with Gasteiger partial charge in [0.05, 0.1) is 17.1 Å². The number of hydrogen-bond acceptors (Lipinski definition) is 4. The highest BCUT2D eigenvalue weighted by Crippen LogP contribution is 2.12. The van der Waals surface area contributed by atoms with E-state index in [4.69, 9.17) is 5.11 Å². The molecule has 88 valence electrons. The third-order valence-corrected chi connectivity index (χ3v) is 2.40. The number of nitrogens with zero attached hydrogens (tertiary/aromatic N) is 4. The van der Waals surface area contributed by atoms with Crippen LogP contribution in [0.1, 0.15) is 27.4 Å². The average Bonchev–Trinajstić information content (AvgIpc) is 2.64. The fourth-order valence-electron chi connectivity index (χ4n) is 1.52. The SMILES string of the molecule is Cc1cnc(C)c(-n2cc(C(=O)O)c(C)n2)n1. The van der Waals surface area contributed by atoms with Crippen LogP contribution in [0.15, 0.2) is 12.4 Å². The summed E-state index contributed by atoms with van der Waals surface area (Å²) in [5, 5.41) is 13.1. The summed E-state index contributed by atoms with van der Waals surface area (Å²) in [6.07, 6.45) is 3.11. The van der Waals surface area contributed by atoms with Crippen molar-refractivity contribution >= 4 is 5.97 Å². The number of aromatic nitrogens is 4. The van der Waals surface area contributed by atoms with Crippen LogP contribution in [0.2, 0.25) is 0 Å². The molecule has 0 aromatic carbocycles. The Labute approximate surface area is 98.0 Å². The summed E-state index contributed by atoms with van der Waals surface area (Å²) in [6, 6.07) is 0. The van der Waals surface area contributed by atoms with E-state index in [9.17, 15) is 4.79 Å². The van der Waals surface area contributed by atoms with Crippen molar-refractivity contribution in [3.8, 4) is 5.82 Å². The van der Waals surface area contributed by atoms with E-state index < -0.39 is 5.97 Å². The summed E-state index contributed by atoms with van der Waals surface area (Å²) in [5.41, 5.74) is 2.10. The first-order chi connectivity index (χ1) is 7.99. The zero-order valence-corrected chi connectivity index (χ0v) is 9.80. The van der Waals surface area contributed by atoms with Crippen molar-refractivity contribution in [2.24, 2.45) is 0 Å². The number of aryl methyl sites for hydroxylation is 3. The number of carbonyl (C=O) groups is 1. The molecule has 0 unspecified atom stereocenters. The van der Waals surface area contributed by atoms with E-state index >= 15 is 0 Å². The quantitative estimate of drug-likeness (QED) is 0.843. The summed E-state index contributed by atoms with van der Waals surface area (Å²) in [5.74, 6) is -0.437. The topological polar surface area (TPSA) is 80.9 Å². The van der Waals surface area contributed by atoms with E-state index in [0.717, 1.165) is 5.69 Å². The van der Waals surface area contributed by atoms with Crippen LogP contribution < -0.4 is 0 Å². The van der Waals surface area contributed by atoms with Crippen LogP contribution in [0.4, 0.5) is 0 Å². The van der Waals surface area contributed by atoms with Crippen LogP contribution in [-0.2, 0) is 0 Å². The van der Waals surface area contributed by atoms with Crippen molar-refractivity contribution < 1.29 is 9.90 Å².